The fourth-order valence-corrected chi connectivity index (χ4v) is 1.51. The zero-order valence-corrected chi connectivity index (χ0v) is 7.33. The second kappa shape index (κ2) is 2.31. The summed E-state index contributed by atoms with van der Waals surface area (Å²) in [7, 11) is 1.88. The molecule has 0 amide bonds. The fraction of sp³-hybridized carbons (Fsp3) is 0.625. The van der Waals surface area contributed by atoms with Gasteiger partial charge in [-0.05, 0) is 6.92 Å². The maximum atomic E-state index is 9.96. The first-order valence-electron chi connectivity index (χ1n) is 4.06. The molecule has 0 aromatic carbocycles. The van der Waals surface area contributed by atoms with Gasteiger partial charge in [-0.25, -0.2) is 0 Å². The third-order valence-corrected chi connectivity index (χ3v) is 2.57. The fourth-order valence-electron chi connectivity index (χ4n) is 1.51. The highest BCUT2D eigenvalue weighted by Crippen LogP contribution is 2.27. The summed E-state index contributed by atoms with van der Waals surface area (Å²) < 4.78 is 1.78. The van der Waals surface area contributed by atoms with Crippen LogP contribution in [-0.4, -0.2) is 28.0 Å². The van der Waals surface area contributed by atoms with Crippen LogP contribution in [0.1, 0.15) is 11.3 Å². The van der Waals surface area contributed by atoms with Crippen molar-refractivity contribution in [3.63, 3.8) is 0 Å². The molecular formula is C8H13N3O. The second-order valence-electron chi connectivity index (χ2n) is 3.40. The molecule has 2 rings (SSSR count). The highest BCUT2D eigenvalue weighted by atomic mass is 16.3. The van der Waals surface area contributed by atoms with Gasteiger partial charge in [-0.1, -0.05) is 0 Å². The van der Waals surface area contributed by atoms with Gasteiger partial charge < -0.3 is 10.4 Å². The number of nitrogens with one attached hydrogen (secondary N) is 1. The molecule has 1 aromatic heterocycles. The minimum Gasteiger partial charge on any atom is -0.382 e. The van der Waals surface area contributed by atoms with Crippen molar-refractivity contribution in [2.75, 3.05) is 13.1 Å². The van der Waals surface area contributed by atoms with Crippen molar-refractivity contribution in [1.82, 2.24) is 15.1 Å². The SMILES string of the molecule is Cc1c(C2(O)CNC2)cnn1C. The quantitative estimate of drug-likeness (QED) is 0.594. The third kappa shape index (κ3) is 0.884. The summed E-state index contributed by atoms with van der Waals surface area (Å²) in [5, 5.41) is 17.1. The van der Waals surface area contributed by atoms with Crippen LogP contribution in [0.3, 0.4) is 0 Å². The van der Waals surface area contributed by atoms with Crippen molar-refractivity contribution in [1.29, 1.82) is 0 Å². The van der Waals surface area contributed by atoms with E-state index in [1.54, 1.807) is 10.9 Å². The van der Waals surface area contributed by atoms with E-state index in [9.17, 15) is 5.11 Å². The summed E-state index contributed by atoms with van der Waals surface area (Å²) in [4.78, 5) is 0. The molecule has 0 unspecified atom stereocenters. The summed E-state index contributed by atoms with van der Waals surface area (Å²) in [6.07, 6.45) is 1.75. The number of β-amino-alcohol motifs (C(OH)–C–C–N with tert-alkyl or cyclic N) is 1. The van der Waals surface area contributed by atoms with Gasteiger partial charge in [0.15, 0.2) is 0 Å². The molecule has 1 aliphatic rings. The lowest BCUT2D eigenvalue weighted by atomic mass is 9.89. The minimum atomic E-state index is -0.668. The minimum absolute atomic E-state index is 0.638. The molecule has 0 spiro atoms. The lowest BCUT2D eigenvalue weighted by Crippen LogP contribution is -2.56. The maximum Gasteiger partial charge on any atom is 0.118 e. The Bertz CT molecular complexity index is 301. The highest BCUT2D eigenvalue weighted by molar-refractivity contribution is 5.27. The van der Waals surface area contributed by atoms with Gasteiger partial charge in [-0.15, -0.1) is 0 Å². The first-order chi connectivity index (χ1) is 5.63. The van der Waals surface area contributed by atoms with Crippen molar-refractivity contribution < 1.29 is 5.11 Å². The molecule has 12 heavy (non-hydrogen) atoms. The van der Waals surface area contributed by atoms with Crippen LogP contribution in [0.5, 0.6) is 0 Å². The van der Waals surface area contributed by atoms with Gasteiger partial charge in [0, 0.05) is 31.4 Å². The summed E-state index contributed by atoms with van der Waals surface area (Å²) in [5.74, 6) is 0. The Morgan fingerprint density at radius 1 is 1.67 bits per heavy atom. The molecule has 1 aliphatic heterocycles. The number of rotatable bonds is 1. The molecule has 0 radical (unpaired) electrons. The number of aryl methyl sites for hydroxylation is 1. The average Bonchev–Trinajstić information content (AvgIpc) is 2.29. The zero-order valence-electron chi connectivity index (χ0n) is 7.33. The van der Waals surface area contributed by atoms with Crippen molar-refractivity contribution in [3.8, 4) is 0 Å². The normalized spacial score (nSPS) is 20.6. The highest BCUT2D eigenvalue weighted by Gasteiger charge is 2.38. The maximum absolute atomic E-state index is 9.96. The van der Waals surface area contributed by atoms with Crippen molar-refractivity contribution in [2.45, 2.75) is 12.5 Å². The van der Waals surface area contributed by atoms with Crippen LogP contribution >= 0.6 is 0 Å². The summed E-state index contributed by atoms with van der Waals surface area (Å²) in [5.41, 5.74) is 1.32. The Balaban J connectivity index is 2.39. The summed E-state index contributed by atoms with van der Waals surface area (Å²) >= 11 is 0. The lowest BCUT2D eigenvalue weighted by molar-refractivity contribution is -0.0152. The molecule has 66 valence electrons. The van der Waals surface area contributed by atoms with Crippen LogP contribution < -0.4 is 5.32 Å². The van der Waals surface area contributed by atoms with Crippen molar-refractivity contribution >= 4 is 0 Å². The number of hydrogen-bond donors (Lipinski definition) is 2. The largest absolute Gasteiger partial charge is 0.382 e. The molecule has 0 saturated carbocycles. The van der Waals surface area contributed by atoms with Crippen LogP contribution in [0.25, 0.3) is 0 Å². The van der Waals surface area contributed by atoms with Crippen LogP contribution in [-0.2, 0) is 12.6 Å². The molecule has 1 fully saturated rings. The first-order valence-corrected chi connectivity index (χ1v) is 4.06. The topological polar surface area (TPSA) is 50.1 Å². The molecule has 1 saturated heterocycles. The predicted octanol–water partition coefficient (Wildman–Crippen LogP) is -0.481. The van der Waals surface area contributed by atoms with E-state index in [0.29, 0.717) is 13.1 Å². The smallest absolute Gasteiger partial charge is 0.118 e. The monoisotopic (exact) mass is 167 g/mol. The van der Waals surface area contributed by atoms with E-state index in [4.69, 9.17) is 0 Å². The molecule has 0 atom stereocenters. The van der Waals surface area contributed by atoms with Crippen LogP contribution in [0.4, 0.5) is 0 Å². The van der Waals surface area contributed by atoms with E-state index in [-0.39, 0.29) is 0 Å². The molecule has 0 bridgehead atoms. The van der Waals surface area contributed by atoms with E-state index >= 15 is 0 Å². The van der Waals surface area contributed by atoms with Gasteiger partial charge in [0.25, 0.3) is 0 Å². The van der Waals surface area contributed by atoms with E-state index in [0.717, 1.165) is 11.3 Å². The number of aromatic nitrogens is 2. The third-order valence-electron chi connectivity index (χ3n) is 2.57. The van der Waals surface area contributed by atoms with Gasteiger partial charge in [0.05, 0.1) is 6.20 Å². The Hall–Kier alpha value is -0.870. The predicted molar refractivity (Wildman–Crippen MR) is 44.7 cm³/mol. The van der Waals surface area contributed by atoms with Gasteiger partial charge in [-0.3, -0.25) is 4.68 Å². The Labute approximate surface area is 71.2 Å². The number of nitrogens with zero attached hydrogens (tertiary/aromatic N) is 2. The zero-order chi connectivity index (χ0) is 8.77. The van der Waals surface area contributed by atoms with E-state index in [1.807, 2.05) is 14.0 Å². The molecule has 4 heteroatoms. The summed E-state index contributed by atoms with van der Waals surface area (Å²) in [6.45, 7) is 3.25. The van der Waals surface area contributed by atoms with Crippen LogP contribution in [0.2, 0.25) is 0 Å². The van der Waals surface area contributed by atoms with Crippen LogP contribution in [0.15, 0.2) is 6.20 Å². The lowest BCUT2D eigenvalue weighted by Gasteiger charge is -2.37. The molecule has 4 nitrogen and oxygen atoms in total. The molecular weight excluding hydrogens is 154 g/mol. The molecule has 1 aromatic rings. The Morgan fingerprint density at radius 3 is 2.67 bits per heavy atom. The molecule has 2 heterocycles. The van der Waals surface area contributed by atoms with Crippen molar-refractivity contribution in [3.05, 3.63) is 17.5 Å². The van der Waals surface area contributed by atoms with Gasteiger partial charge in [-0.2, -0.15) is 5.10 Å². The van der Waals surface area contributed by atoms with E-state index in [1.165, 1.54) is 0 Å². The van der Waals surface area contributed by atoms with Gasteiger partial charge in [0.2, 0.25) is 0 Å². The summed E-state index contributed by atoms with van der Waals surface area (Å²) in [6, 6.07) is 0. The molecule has 2 N–H and O–H groups in total. The molecule has 0 aliphatic carbocycles. The van der Waals surface area contributed by atoms with Gasteiger partial charge in [0.1, 0.15) is 5.60 Å². The standard InChI is InChI=1S/C8H13N3O/c1-6-7(3-10-11(6)2)8(12)4-9-5-8/h3,9,12H,4-5H2,1-2H3. The number of hydrogen-bond acceptors (Lipinski definition) is 3. The number of aliphatic hydroxyl groups is 1. The second-order valence-corrected chi connectivity index (χ2v) is 3.40. The van der Waals surface area contributed by atoms with E-state index < -0.39 is 5.60 Å². The Kier molecular flexibility index (Phi) is 1.49. The van der Waals surface area contributed by atoms with Crippen molar-refractivity contribution in [2.24, 2.45) is 7.05 Å². The first kappa shape index (κ1) is 7.76. The van der Waals surface area contributed by atoms with Crippen LogP contribution in [0, 0.1) is 6.92 Å². The van der Waals surface area contributed by atoms with E-state index in [2.05, 4.69) is 10.4 Å². The van der Waals surface area contributed by atoms with Gasteiger partial charge >= 0.3 is 0 Å². The Morgan fingerprint density at radius 2 is 2.33 bits per heavy atom. The average molecular weight is 167 g/mol.